The minimum Gasteiger partial charge on any atom is -0.477 e. The van der Waals surface area contributed by atoms with Crippen molar-refractivity contribution in [2.75, 3.05) is 59.4 Å². The lowest BCUT2D eigenvalue weighted by Gasteiger charge is -2.51. The highest BCUT2D eigenvalue weighted by molar-refractivity contribution is 5.76. The average Bonchev–Trinajstić information content (AvgIpc) is 0.779. The largest absolute Gasteiger partial charge is 0.477 e. The van der Waals surface area contributed by atoms with E-state index in [1.165, 1.54) is 6.92 Å². The van der Waals surface area contributed by atoms with E-state index >= 15 is 0 Å². The van der Waals surface area contributed by atoms with Crippen LogP contribution in [0.15, 0.2) is 0 Å². The molecule has 7 saturated heterocycles. The second-order valence-corrected chi connectivity index (χ2v) is 24.2. The number of hydrogen-bond donors (Lipinski definition) is 24. The molecule has 42 heteroatoms. The average molecular weight is 1410 g/mol. The van der Waals surface area contributed by atoms with E-state index in [-0.39, 0.29) is 13.2 Å². The second kappa shape index (κ2) is 34.9. The molecule has 7 aliphatic heterocycles. The van der Waals surface area contributed by atoms with Gasteiger partial charge in [0.2, 0.25) is 17.7 Å². The fraction of sp³-hybridized carbons (Fsp3) is 0.926. The molecule has 7 rings (SSSR count). The molecule has 14 unspecified atom stereocenters. The number of carboxylic acid groups (broad SMARTS) is 1. The van der Waals surface area contributed by atoms with Gasteiger partial charge < -0.3 is 190 Å². The number of amides is 3. The van der Waals surface area contributed by atoms with E-state index in [1.807, 2.05) is 0 Å². The van der Waals surface area contributed by atoms with Gasteiger partial charge in [-0.25, -0.2) is 4.79 Å². The molecular formula is C54H92N4O38. The number of carbonyl (C=O) groups is 4. The van der Waals surface area contributed by atoms with Gasteiger partial charge in [0.1, 0.15) is 159 Å². The topological polar surface area (TPSA) is 664 Å². The molecule has 3 amide bonds. The van der Waals surface area contributed by atoms with Crippen LogP contribution in [0.2, 0.25) is 0 Å². The van der Waals surface area contributed by atoms with Crippen molar-refractivity contribution in [3.8, 4) is 0 Å². The zero-order chi connectivity index (χ0) is 71.1. The quantitative estimate of drug-likeness (QED) is 0.0346. The highest BCUT2D eigenvalue weighted by Gasteiger charge is 2.62. The highest BCUT2D eigenvalue weighted by atomic mass is 16.8. The summed E-state index contributed by atoms with van der Waals surface area (Å²) < 4.78 is 82.0. The van der Waals surface area contributed by atoms with Crippen molar-refractivity contribution in [1.29, 1.82) is 0 Å². The standard InChI is InChI=1S/C54H92N4O38/c1-15-19(69)7-54(53(81)82,95-40(15)30(71)20(70)8-59)96-45-33(74)23(11-62)85-51(39(45)80)92-43-26(14-65)89-49(29(36(43)77)58-18(4)68)94-46-37(78)31(72)21(9-60)86-52(46)93-44-32(73)22(10-61)84-50(38(44)79)91-42-25(13-64)88-48(28(35(42)76)57-17(3)67)90-41-24(12-63)87-47(83-6-5-55)27(34(41)75)56-16(2)66/h15,19-52,59-65,69-80H,5-14,55H2,1-4H3,(H,56,66)(H,57,67)(H,58,68)(H,81,82)/t15-,19-,20-,21?,22?,23?,24?,25?,26?,27?,28?,29?,30-,31-,32-,33+,34-,35-,36-,37?,38?,39?,40?,41-,42-,43-,44+,45+,46?,47-,48+,49+,50+,51+,52-,54+/m1/s1. The Morgan fingerprint density at radius 2 is 0.833 bits per heavy atom. The Labute approximate surface area is 545 Å². The van der Waals surface area contributed by atoms with E-state index in [0.29, 0.717) is 0 Å². The van der Waals surface area contributed by atoms with Crippen molar-refractivity contribution in [3.05, 3.63) is 0 Å². The maximum Gasteiger partial charge on any atom is 0.364 e. The van der Waals surface area contributed by atoms with Gasteiger partial charge >= 0.3 is 5.97 Å². The Hall–Kier alpha value is -3.48. The Bertz CT molecular complexity index is 2480. The third-order valence-electron chi connectivity index (χ3n) is 17.5. The molecule has 0 saturated carbocycles. The van der Waals surface area contributed by atoms with Crippen LogP contribution in [0, 0.1) is 5.92 Å². The van der Waals surface area contributed by atoms with Crippen LogP contribution in [-0.2, 0) is 85.5 Å². The van der Waals surface area contributed by atoms with Crippen LogP contribution < -0.4 is 21.7 Å². The zero-order valence-electron chi connectivity index (χ0n) is 52.1. The third kappa shape index (κ3) is 17.5. The van der Waals surface area contributed by atoms with Gasteiger partial charge in [0.25, 0.3) is 5.79 Å². The van der Waals surface area contributed by atoms with Crippen LogP contribution in [0.4, 0.5) is 0 Å². The van der Waals surface area contributed by atoms with Gasteiger partial charge in [-0.1, -0.05) is 6.92 Å². The number of carbonyl (C=O) groups excluding carboxylic acids is 3. The van der Waals surface area contributed by atoms with Gasteiger partial charge in [-0.05, 0) is 0 Å². The summed E-state index contributed by atoms with van der Waals surface area (Å²) in [6.07, 6.45) is -63.0. The van der Waals surface area contributed by atoms with Gasteiger partial charge in [-0.15, -0.1) is 0 Å². The number of hydrogen-bond acceptors (Lipinski definition) is 38. The molecule has 0 aliphatic carbocycles. The van der Waals surface area contributed by atoms with Crippen LogP contribution >= 0.6 is 0 Å². The van der Waals surface area contributed by atoms with Crippen LogP contribution in [-0.4, -0.2) is 399 Å². The Kier molecular flexibility index (Phi) is 29.1. The maximum atomic E-state index is 13.0. The summed E-state index contributed by atoms with van der Waals surface area (Å²) in [5.74, 6) is -8.69. The molecule has 7 fully saturated rings. The summed E-state index contributed by atoms with van der Waals surface area (Å²) in [4.78, 5) is 50.9. The molecular weight excluding hydrogens is 1310 g/mol. The zero-order valence-corrected chi connectivity index (χ0v) is 52.1. The molecule has 0 spiro atoms. The van der Waals surface area contributed by atoms with Crippen molar-refractivity contribution < 1.29 is 188 Å². The molecule has 42 nitrogen and oxygen atoms in total. The van der Waals surface area contributed by atoms with Crippen LogP contribution in [0.1, 0.15) is 34.1 Å². The summed E-state index contributed by atoms with van der Waals surface area (Å²) in [5, 5.41) is 228. The van der Waals surface area contributed by atoms with E-state index in [9.17, 15) is 121 Å². The number of aliphatic carboxylic acids is 1. The maximum absolute atomic E-state index is 13.0. The first-order valence-corrected chi connectivity index (χ1v) is 30.7. The van der Waals surface area contributed by atoms with Gasteiger partial charge in [0.05, 0.1) is 65.1 Å². The molecule has 96 heavy (non-hydrogen) atoms. The molecule has 0 aromatic heterocycles. The summed E-state index contributed by atoms with van der Waals surface area (Å²) in [7, 11) is 0. The smallest absolute Gasteiger partial charge is 0.364 e. The SMILES string of the molecule is CC(=O)NC1[C@H](OCCN)OC(CO)[C@@H](O[C@@H]2OC(CO)[C@@H](O[C@@H]3OC(CO)[C@@H](O)[C@H](O[C@H]4OC(CO)[C@@H](O)C(O)C4O[C@@H]4OC(CO)[C@@H](O[C@@H]5OC(CO)[C@H](O)[C@H](O[C@]6(C(=O)O)C[C@@H](O)[C@@H](C)C([C@H](O)[C@H](O)CO)O6)C5O)[C@H](O)C4NC(C)=O)C3O)[C@H](O)C2NC(C)=O)[C@@H]1O. The highest BCUT2D eigenvalue weighted by Crippen LogP contribution is 2.42. The molecule has 0 bridgehead atoms. The van der Waals surface area contributed by atoms with Crippen molar-refractivity contribution >= 4 is 23.7 Å². The number of nitrogens with two attached hydrogens (primary N) is 1. The van der Waals surface area contributed by atoms with Crippen LogP contribution in [0.25, 0.3) is 0 Å². The number of aliphatic hydroxyl groups is 19. The Morgan fingerprint density at radius 1 is 0.469 bits per heavy atom. The molecule has 7 heterocycles. The summed E-state index contributed by atoms with van der Waals surface area (Å²) in [5.41, 5.74) is 5.57. The first-order valence-electron chi connectivity index (χ1n) is 30.7. The lowest BCUT2D eigenvalue weighted by Crippen LogP contribution is -2.71. The Morgan fingerprint density at radius 3 is 1.25 bits per heavy atom. The fourth-order valence-electron chi connectivity index (χ4n) is 12.4. The second-order valence-electron chi connectivity index (χ2n) is 24.2. The van der Waals surface area contributed by atoms with E-state index < -0.39 is 297 Å². The Balaban J connectivity index is 1.12. The minimum atomic E-state index is -3.08. The third-order valence-corrected chi connectivity index (χ3v) is 17.5. The van der Waals surface area contributed by atoms with E-state index in [0.717, 1.165) is 20.8 Å². The first kappa shape index (κ1) is 79.8. The summed E-state index contributed by atoms with van der Waals surface area (Å²) in [6, 6.07) is -5.09. The number of rotatable bonds is 28. The summed E-state index contributed by atoms with van der Waals surface area (Å²) >= 11 is 0. The predicted molar refractivity (Wildman–Crippen MR) is 300 cm³/mol. The molecule has 36 atom stereocenters. The van der Waals surface area contributed by atoms with Crippen LogP contribution in [0.5, 0.6) is 0 Å². The van der Waals surface area contributed by atoms with Gasteiger partial charge in [-0.3, -0.25) is 14.4 Å². The fourth-order valence-corrected chi connectivity index (χ4v) is 12.4. The number of ether oxygens (including phenoxy) is 14. The van der Waals surface area contributed by atoms with Crippen molar-refractivity contribution in [2.45, 2.75) is 248 Å². The molecule has 25 N–H and O–H groups in total. The molecule has 0 aromatic carbocycles. The minimum absolute atomic E-state index is 0.0165. The number of carboxylic acids is 1. The lowest BCUT2D eigenvalue weighted by atomic mass is 9.84. The van der Waals surface area contributed by atoms with E-state index in [4.69, 9.17) is 72.0 Å². The van der Waals surface area contributed by atoms with Gasteiger partial charge in [0.15, 0.2) is 37.7 Å². The molecule has 556 valence electrons. The predicted octanol–water partition coefficient (Wildman–Crippen LogP) is -15.4. The van der Waals surface area contributed by atoms with Crippen molar-refractivity contribution in [2.24, 2.45) is 11.7 Å². The lowest BCUT2D eigenvalue weighted by molar-refractivity contribution is -0.399. The van der Waals surface area contributed by atoms with Crippen molar-refractivity contribution in [3.63, 3.8) is 0 Å². The normalized spacial score (nSPS) is 46.1. The molecule has 7 aliphatic rings. The van der Waals surface area contributed by atoms with Crippen molar-refractivity contribution in [1.82, 2.24) is 16.0 Å². The number of aliphatic hydroxyl groups excluding tert-OH is 19. The van der Waals surface area contributed by atoms with E-state index in [1.54, 1.807) is 0 Å². The number of nitrogens with one attached hydrogen (secondary N) is 3. The first-order chi connectivity index (χ1) is 45.4. The van der Waals surface area contributed by atoms with Crippen LogP contribution in [0.3, 0.4) is 0 Å². The summed E-state index contributed by atoms with van der Waals surface area (Å²) in [6.45, 7) is -3.23. The monoisotopic (exact) mass is 1400 g/mol. The van der Waals surface area contributed by atoms with Gasteiger partial charge in [-0.2, -0.15) is 0 Å². The molecule has 0 radical (unpaired) electrons. The van der Waals surface area contributed by atoms with Gasteiger partial charge in [0, 0.05) is 39.7 Å². The van der Waals surface area contributed by atoms with E-state index in [2.05, 4.69) is 16.0 Å². The molecule has 0 aromatic rings.